The van der Waals surface area contributed by atoms with Crippen molar-refractivity contribution in [3.05, 3.63) is 123 Å². The van der Waals surface area contributed by atoms with Gasteiger partial charge in [0.2, 0.25) is 52.8 Å². The van der Waals surface area contributed by atoms with E-state index in [0.717, 1.165) is 51.5 Å². The molecule has 0 saturated heterocycles. The van der Waals surface area contributed by atoms with E-state index in [2.05, 4.69) is 44.1 Å². The predicted octanol–water partition coefficient (Wildman–Crippen LogP) is 6.63. The first-order valence-corrected chi connectivity index (χ1v) is 29.7. The number of nitrogens with one attached hydrogen (secondary N) is 7. The Morgan fingerprint density at radius 2 is 1.39 bits per heavy atom. The number of ether oxygens (including phenoxy) is 2. The van der Waals surface area contributed by atoms with E-state index in [4.69, 9.17) is 15.2 Å². The molecule has 2 aliphatic heterocycles. The number of methoxy groups -OCH3 is 1. The maximum atomic E-state index is 15.2. The zero-order chi connectivity index (χ0) is 61.8. The second-order valence-corrected chi connectivity index (χ2v) is 22.3. The van der Waals surface area contributed by atoms with Crippen LogP contribution in [-0.4, -0.2) is 121 Å². The number of nitro benzene ring substituents is 1. The average molecular weight is 1180 g/mol. The van der Waals surface area contributed by atoms with Gasteiger partial charge < -0.3 is 62.4 Å². The van der Waals surface area contributed by atoms with Gasteiger partial charge in [0, 0.05) is 44.8 Å². The molecule has 6 atom stereocenters. The minimum atomic E-state index is -1.68. The molecule has 0 unspecified atom stereocenters. The summed E-state index contributed by atoms with van der Waals surface area (Å²) in [6.45, 7) is 6.92. The maximum absolute atomic E-state index is 15.2. The Labute approximate surface area is 499 Å². The summed E-state index contributed by atoms with van der Waals surface area (Å²) < 4.78 is 11.8. The summed E-state index contributed by atoms with van der Waals surface area (Å²) in [7, 11) is 5.09. The van der Waals surface area contributed by atoms with Crippen molar-refractivity contribution in [2.24, 2.45) is 11.7 Å². The van der Waals surface area contributed by atoms with E-state index in [9.17, 15) is 44.0 Å². The molecule has 22 nitrogen and oxygen atoms in total. The zero-order valence-electron chi connectivity index (χ0n) is 50.0. The summed E-state index contributed by atoms with van der Waals surface area (Å²) in [5.74, 6) is -6.07. The van der Waals surface area contributed by atoms with Crippen LogP contribution >= 0.6 is 0 Å². The highest BCUT2D eigenvalue weighted by Gasteiger charge is 2.38. The summed E-state index contributed by atoms with van der Waals surface area (Å²) >= 11 is 0. The van der Waals surface area contributed by atoms with Gasteiger partial charge in [-0.25, -0.2) is 0 Å². The average Bonchev–Trinajstić information content (AvgIpc) is 3.62. The molecule has 0 saturated carbocycles. The smallest absolute Gasteiger partial charge is 0.311 e. The quantitative estimate of drug-likeness (QED) is 0.0141. The highest BCUT2D eigenvalue weighted by molar-refractivity contribution is 5.95. The number of unbranched alkanes of at least 4 members (excludes halogenated alkanes) is 8. The number of carbonyl (C=O) groups is 7. The van der Waals surface area contributed by atoms with E-state index in [1.165, 1.54) is 43.9 Å². The largest absolute Gasteiger partial charge is 0.504 e. The lowest BCUT2D eigenvalue weighted by Gasteiger charge is -2.31. The van der Waals surface area contributed by atoms with Gasteiger partial charge in [-0.2, -0.15) is 0 Å². The Balaban J connectivity index is 1.55. The number of carbonyl (C=O) groups excluding carboxylic acids is 7. The molecule has 4 aromatic carbocycles. The SMILES string of the molecule is CCCCCCCCCCCC(=O)N[C@@H](C(=O)NCCCC(=O)N[C@@H](C(=O)NCCCN(C)C)c1ccccc1)[C@@H]1NC(=O)[C@H](Cc2ccccc2)NC(=O)[C@H](NC(=O)[C@H](N)CC(C)C)Cc2ccc(c([N+](=O)[O-])c2)Oc2cc1cc(O)c2OC. The van der Waals surface area contributed by atoms with Crippen LogP contribution in [0.15, 0.2) is 91.0 Å². The summed E-state index contributed by atoms with van der Waals surface area (Å²) in [4.78, 5) is 114. The first-order valence-electron chi connectivity index (χ1n) is 29.7. The van der Waals surface area contributed by atoms with Gasteiger partial charge in [-0.3, -0.25) is 43.7 Å². The second kappa shape index (κ2) is 35.2. The second-order valence-electron chi connectivity index (χ2n) is 22.3. The van der Waals surface area contributed by atoms with Crippen molar-refractivity contribution in [1.82, 2.24) is 42.1 Å². The van der Waals surface area contributed by atoms with Gasteiger partial charge in [-0.15, -0.1) is 0 Å². The molecule has 0 fully saturated rings. The van der Waals surface area contributed by atoms with E-state index in [0.29, 0.717) is 30.5 Å². The first-order chi connectivity index (χ1) is 40.8. The first kappa shape index (κ1) is 67.7. The number of nitro groups is 1. The van der Waals surface area contributed by atoms with Gasteiger partial charge in [-0.1, -0.05) is 139 Å². The monoisotopic (exact) mass is 1180 g/mol. The molecule has 4 aromatic rings. The molecule has 0 aromatic heterocycles. The Morgan fingerprint density at radius 3 is 2.04 bits per heavy atom. The highest BCUT2D eigenvalue weighted by atomic mass is 16.6. The number of phenols is 1. The van der Waals surface area contributed by atoms with Crippen LogP contribution in [0.2, 0.25) is 0 Å². The van der Waals surface area contributed by atoms with Crippen LogP contribution in [0.3, 0.4) is 0 Å². The van der Waals surface area contributed by atoms with E-state index in [-0.39, 0.29) is 79.4 Å². The number of fused-ring (bicyclic) bond motifs is 9. The van der Waals surface area contributed by atoms with Crippen molar-refractivity contribution in [3.63, 3.8) is 0 Å². The lowest BCUT2D eigenvalue weighted by molar-refractivity contribution is -0.385. The van der Waals surface area contributed by atoms with E-state index in [1.807, 2.05) is 32.8 Å². The van der Waals surface area contributed by atoms with Gasteiger partial charge >= 0.3 is 5.69 Å². The van der Waals surface area contributed by atoms with Crippen molar-refractivity contribution in [2.75, 3.05) is 40.8 Å². The van der Waals surface area contributed by atoms with Gasteiger partial charge in [0.25, 0.3) is 0 Å². The molecule has 22 heteroatoms. The van der Waals surface area contributed by atoms with Crippen LogP contribution in [0.5, 0.6) is 23.0 Å². The molecule has 7 amide bonds. The number of rotatable bonds is 32. The van der Waals surface area contributed by atoms with Crippen LogP contribution < -0.4 is 52.4 Å². The van der Waals surface area contributed by atoms with Crippen molar-refractivity contribution < 1.29 is 53.1 Å². The minimum Gasteiger partial charge on any atom is -0.504 e. The number of nitrogens with zero attached hydrogens (tertiary/aromatic N) is 2. The molecule has 0 aliphatic carbocycles. The fraction of sp³-hybridized carbons (Fsp3) is 0.508. The summed E-state index contributed by atoms with van der Waals surface area (Å²) in [5.41, 5.74) is 7.08. The number of nitrogens with two attached hydrogens (primary N) is 1. The molecule has 2 aliphatic rings. The van der Waals surface area contributed by atoms with Crippen molar-refractivity contribution >= 4 is 47.0 Å². The normalized spacial score (nSPS) is 16.2. The third kappa shape index (κ3) is 22.4. The molecule has 85 heavy (non-hydrogen) atoms. The summed E-state index contributed by atoms with van der Waals surface area (Å²) in [5, 5.41) is 44.3. The van der Waals surface area contributed by atoms with Gasteiger partial charge in [0.15, 0.2) is 11.5 Å². The number of aromatic hydroxyl groups is 1. The fourth-order valence-corrected chi connectivity index (χ4v) is 9.99. The van der Waals surface area contributed by atoms with Gasteiger partial charge in [-0.05, 0) is 92.7 Å². The van der Waals surface area contributed by atoms with Crippen LogP contribution in [0, 0.1) is 16.0 Å². The third-order valence-electron chi connectivity index (χ3n) is 14.5. The topological polar surface area (TPSA) is 315 Å². The number of hydrogen-bond acceptors (Lipinski definition) is 14. The number of hydrogen-bond donors (Lipinski definition) is 9. The maximum Gasteiger partial charge on any atom is 0.311 e. The van der Waals surface area contributed by atoms with Crippen LogP contribution in [-0.2, 0) is 46.4 Å². The van der Waals surface area contributed by atoms with E-state index >= 15 is 4.79 Å². The lowest BCUT2D eigenvalue weighted by atomic mass is 9.95. The number of amides is 7. The highest BCUT2D eigenvalue weighted by Crippen LogP contribution is 2.44. The molecule has 0 radical (unpaired) electrons. The minimum absolute atomic E-state index is 0.00519. The molecular formula is C63H88N10O12. The zero-order valence-corrected chi connectivity index (χ0v) is 50.0. The Kier molecular flexibility index (Phi) is 28.1. The van der Waals surface area contributed by atoms with Crippen LogP contribution in [0.1, 0.15) is 145 Å². The third-order valence-corrected chi connectivity index (χ3v) is 14.5. The molecule has 462 valence electrons. The predicted molar refractivity (Wildman–Crippen MR) is 323 cm³/mol. The number of benzene rings is 4. The molecule has 2 heterocycles. The molecular weight excluding hydrogens is 1090 g/mol. The van der Waals surface area contributed by atoms with Gasteiger partial charge in [0.1, 0.15) is 24.2 Å². The number of phenolic OH excluding ortho intramolecular Hbond substituents is 1. The van der Waals surface area contributed by atoms with Crippen LogP contribution in [0.25, 0.3) is 0 Å². The molecule has 0 spiro atoms. The van der Waals surface area contributed by atoms with Crippen molar-refractivity contribution in [1.29, 1.82) is 0 Å². The fourth-order valence-electron chi connectivity index (χ4n) is 9.99. The summed E-state index contributed by atoms with van der Waals surface area (Å²) in [6, 6.07) is 15.7. The van der Waals surface area contributed by atoms with Crippen LogP contribution in [0.4, 0.5) is 5.69 Å². The lowest BCUT2D eigenvalue weighted by Crippen LogP contribution is -2.59. The van der Waals surface area contributed by atoms with E-state index < -0.39 is 94.0 Å². The Morgan fingerprint density at radius 1 is 0.765 bits per heavy atom. The van der Waals surface area contributed by atoms with Gasteiger partial charge in [0.05, 0.1) is 24.1 Å². The summed E-state index contributed by atoms with van der Waals surface area (Å²) in [6.07, 6.45) is 9.21. The standard InChI is InChI=1S/C63H88N10O12/c1-7-8-9-10-11-12-13-14-21-28-53(75)70-57(63(81)65-32-22-29-54(76)69-56(44-26-19-16-20-27-44)62(80)66-33-23-34-72(4)5)55-45-39-50(74)58(84-6)52(40-45)85-51-31-30-43(38-49(51)73(82)83)37-48(67-59(77)46(64)35-41(2)3)60(78)68-47(61(79)71-55)36-42-24-17-15-18-25-42/h15-20,24-27,30-31,38-41,46-48,55-57,74H,7-14,21-23,28-29,32-37,64H2,1-6H3,(H,65,81)(H,66,80)(H,67,77)(H,68,78)(H,69,76)(H,70,75)(H,71,79)/t46-,47+,48-,55-,56-,57-/m1/s1. The van der Waals surface area contributed by atoms with Crippen molar-refractivity contribution in [3.8, 4) is 23.0 Å². The van der Waals surface area contributed by atoms with E-state index in [1.54, 1.807) is 60.7 Å². The Bertz CT molecular complexity index is 2840. The molecule has 6 rings (SSSR count). The Hall–Kier alpha value is -8.11. The van der Waals surface area contributed by atoms with Crippen molar-refractivity contribution in [2.45, 2.75) is 160 Å². The molecule has 4 bridgehead atoms. The molecule has 10 N–H and O–H groups in total.